The molecule has 0 spiro atoms. The van der Waals surface area contributed by atoms with E-state index in [1.54, 1.807) is 36.4 Å². The molecule has 0 fully saturated rings. The van der Waals surface area contributed by atoms with Crippen LogP contribution >= 0.6 is 15.9 Å². The van der Waals surface area contributed by atoms with Crippen LogP contribution in [0.3, 0.4) is 0 Å². The third-order valence-corrected chi connectivity index (χ3v) is 3.04. The summed E-state index contributed by atoms with van der Waals surface area (Å²) in [5.74, 6) is -0.238. The summed E-state index contributed by atoms with van der Waals surface area (Å²) in [6.07, 6.45) is 0.752. The fourth-order valence-electron chi connectivity index (χ4n) is 1.66. The SMILES string of the molecule is COc1cc(Br)cc(-c2ccc(C=O)cc2)c1F. The highest BCUT2D eigenvalue weighted by Gasteiger charge is 2.12. The van der Waals surface area contributed by atoms with Gasteiger partial charge in [0.25, 0.3) is 0 Å². The van der Waals surface area contributed by atoms with Crippen molar-refractivity contribution in [3.8, 4) is 16.9 Å². The van der Waals surface area contributed by atoms with Gasteiger partial charge in [-0.2, -0.15) is 0 Å². The quantitative estimate of drug-likeness (QED) is 0.799. The zero-order valence-electron chi connectivity index (χ0n) is 9.61. The smallest absolute Gasteiger partial charge is 0.172 e. The molecule has 0 radical (unpaired) electrons. The van der Waals surface area contributed by atoms with Crippen LogP contribution in [0.15, 0.2) is 40.9 Å². The van der Waals surface area contributed by atoms with E-state index >= 15 is 0 Å². The topological polar surface area (TPSA) is 26.3 Å². The molecule has 0 saturated carbocycles. The molecule has 0 unspecified atom stereocenters. The Kier molecular flexibility index (Phi) is 3.77. The van der Waals surface area contributed by atoms with E-state index in [9.17, 15) is 9.18 Å². The first-order valence-corrected chi connectivity index (χ1v) is 6.03. The minimum Gasteiger partial charge on any atom is -0.494 e. The summed E-state index contributed by atoms with van der Waals surface area (Å²) >= 11 is 3.31. The molecule has 0 bridgehead atoms. The van der Waals surface area contributed by atoms with Crippen LogP contribution in [0.25, 0.3) is 11.1 Å². The van der Waals surface area contributed by atoms with Gasteiger partial charge in [0, 0.05) is 15.6 Å². The van der Waals surface area contributed by atoms with Gasteiger partial charge in [-0.25, -0.2) is 4.39 Å². The van der Waals surface area contributed by atoms with Crippen molar-refractivity contribution in [2.45, 2.75) is 0 Å². The molecular formula is C14H10BrFO2. The zero-order valence-corrected chi connectivity index (χ0v) is 11.2. The van der Waals surface area contributed by atoms with Crippen molar-refractivity contribution in [2.75, 3.05) is 7.11 Å². The van der Waals surface area contributed by atoms with E-state index < -0.39 is 5.82 Å². The van der Waals surface area contributed by atoms with Crippen LogP contribution in [0.1, 0.15) is 10.4 Å². The number of rotatable bonds is 3. The Morgan fingerprint density at radius 1 is 1.22 bits per heavy atom. The predicted molar refractivity (Wildman–Crippen MR) is 71.5 cm³/mol. The number of aldehydes is 1. The molecule has 4 heteroatoms. The van der Waals surface area contributed by atoms with Gasteiger partial charge in [-0.3, -0.25) is 4.79 Å². The summed E-state index contributed by atoms with van der Waals surface area (Å²) in [5.41, 5.74) is 1.68. The third-order valence-electron chi connectivity index (χ3n) is 2.58. The molecule has 18 heavy (non-hydrogen) atoms. The first-order valence-electron chi connectivity index (χ1n) is 5.24. The standard InChI is InChI=1S/C14H10BrFO2/c1-18-13-7-11(15)6-12(14(13)16)10-4-2-9(8-17)3-5-10/h2-8H,1H3. The molecule has 0 amide bonds. The molecule has 2 nitrogen and oxygen atoms in total. The molecule has 0 aliphatic rings. The van der Waals surface area contributed by atoms with Crippen LogP contribution in [0.4, 0.5) is 4.39 Å². The lowest BCUT2D eigenvalue weighted by molar-refractivity contribution is 0.112. The van der Waals surface area contributed by atoms with Crippen molar-refractivity contribution in [2.24, 2.45) is 0 Å². The fourth-order valence-corrected chi connectivity index (χ4v) is 2.10. The summed E-state index contributed by atoms with van der Waals surface area (Å²) < 4.78 is 19.8. The first kappa shape index (κ1) is 12.8. The number of halogens is 2. The average molecular weight is 309 g/mol. The largest absolute Gasteiger partial charge is 0.494 e. The maximum Gasteiger partial charge on any atom is 0.172 e. The summed E-state index contributed by atoms with van der Waals surface area (Å²) in [4.78, 5) is 10.6. The summed E-state index contributed by atoms with van der Waals surface area (Å²) in [6.45, 7) is 0. The van der Waals surface area contributed by atoms with E-state index in [1.807, 2.05) is 0 Å². The van der Waals surface area contributed by atoms with Gasteiger partial charge in [0.2, 0.25) is 0 Å². The number of benzene rings is 2. The lowest BCUT2D eigenvalue weighted by atomic mass is 10.0. The van der Waals surface area contributed by atoms with E-state index in [0.717, 1.165) is 10.8 Å². The Hall–Kier alpha value is -1.68. The number of methoxy groups -OCH3 is 1. The highest BCUT2D eigenvalue weighted by Crippen LogP contribution is 2.32. The lowest BCUT2D eigenvalue weighted by Crippen LogP contribution is -1.92. The van der Waals surface area contributed by atoms with Crippen molar-refractivity contribution in [1.29, 1.82) is 0 Å². The van der Waals surface area contributed by atoms with Crippen molar-refractivity contribution >= 4 is 22.2 Å². The van der Waals surface area contributed by atoms with Gasteiger partial charge in [0.15, 0.2) is 11.6 Å². The summed E-state index contributed by atoms with van der Waals surface area (Å²) in [7, 11) is 1.42. The average Bonchev–Trinajstić information content (AvgIpc) is 2.41. The van der Waals surface area contributed by atoms with E-state index in [0.29, 0.717) is 16.7 Å². The van der Waals surface area contributed by atoms with E-state index in [2.05, 4.69) is 15.9 Å². The first-order chi connectivity index (χ1) is 8.65. The molecule has 2 aromatic rings. The van der Waals surface area contributed by atoms with Gasteiger partial charge in [-0.05, 0) is 17.7 Å². The van der Waals surface area contributed by atoms with Gasteiger partial charge >= 0.3 is 0 Å². The zero-order chi connectivity index (χ0) is 13.1. The summed E-state index contributed by atoms with van der Waals surface area (Å²) in [6, 6.07) is 9.94. The van der Waals surface area contributed by atoms with Crippen molar-refractivity contribution in [3.63, 3.8) is 0 Å². The molecular weight excluding hydrogens is 299 g/mol. The third kappa shape index (κ3) is 2.43. The maximum atomic E-state index is 14.1. The van der Waals surface area contributed by atoms with Gasteiger partial charge in [0.05, 0.1) is 7.11 Å². The Morgan fingerprint density at radius 2 is 1.89 bits per heavy atom. The molecule has 2 aromatic carbocycles. The van der Waals surface area contributed by atoms with Gasteiger partial charge in [-0.1, -0.05) is 40.2 Å². The molecule has 0 N–H and O–H groups in total. The van der Waals surface area contributed by atoms with Gasteiger partial charge in [0.1, 0.15) is 6.29 Å². The minimum absolute atomic E-state index is 0.179. The van der Waals surface area contributed by atoms with Gasteiger partial charge < -0.3 is 4.74 Å². The monoisotopic (exact) mass is 308 g/mol. The molecule has 2 rings (SSSR count). The van der Waals surface area contributed by atoms with Crippen LogP contribution in [0.2, 0.25) is 0 Å². The number of carbonyl (C=O) groups excluding carboxylic acids is 1. The Bertz CT molecular complexity index is 579. The van der Waals surface area contributed by atoms with E-state index in [1.165, 1.54) is 7.11 Å². The lowest BCUT2D eigenvalue weighted by Gasteiger charge is -2.09. The molecule has 0 aliphatic heterocycles. The molecule has 0 heterocycles. The normalized spacial score (nSPS) is 10.2. The van der Waals surface area contributed by atoms with Crippen molar-refractivity contribution in [1.82, 2.24) is 0 Å². The predicted octanol–water partition coefficient (Wildman–Crippen LogP) is 4.08. The molecule has 0 aliphatic carbocycles. The fraction of sp³-hybridized carbons (Fsp3) is 0.0714. The number of ether oxygens (including phenoxy) is 1. The minimum atomic E-state index is -0.417. The Balaban J connectivity index is 2.55. The molecule has 92 valence electrons. The van der Waals surface area contributed by atoms with Crippen LogP contribution in [0.5, 0.6) is 5.75 Å². The van der Waals surface area contributed by atoms with E-state index in [-0.39, 0.29) is 5.75 Å². The summed E-state index contributed by atoms with van der Waals surface area (Å²) in [5, 5.41) is 0. The molecule has 0 saturated heterocycles. The second-order valence-electron chi connectivity index (χ2n) is 3.71. The van der Waals surface area contributed by atoms with Crippen LogP contribution in [0, 0.1) is 5.82 Å². The molecule has 0 aromatic heterocycles. The van der Waals surface area contributed by atoms with E-state index in [4.69, 9.17) is 4.74 Å². The number of hydrogen-bond donors (Lipinski definition) is 0. The van der Waals surface area contributed by atoms with Crippen molar-refractivity contribution < 1.29 is 13.9 Å². The van der Waals surface area contributed by atoms with Crippen LogP contribution in [-0.2, 0) is 0 Å². The Morgan fingerprint density at radius 3 is 2.44 bits per heavy atom. The second-order valence-corrected chi connectivity index (χ2v) is 4.63. The highest BCUT2D eigenvalue weighted by atomic mass is 79.9. The van der Waals surface area contributed by atoms with Crippen LogP contribution < -0.4 is 4.74 Å². The number of carbonyl (C=O) groups is 1. The van der Waals surface area contributed by atoms with Gasteiger partial charge in [-0.15, -0.1) is 0 Å². The second kappa shape index (κ2) is 5.31. The van der Waals surface area contributed by atoms with Crippen LogP contribution in [-0.4, -0.2) is 13.4 Å². The Labute approximate surface area is 113 Å². The highest BCUT2D eigenvalue weighted by molar-refractivity contribution is 9.10. The maximum absolute atomic E-state index is 14.1. The molecule has 0 atom stereocenters. The van der Waals surface area contributed by atoms with Crippen molar-refractivity contribution in [3.05, 3.63) is 52.3 Å². The number of hydrogen-bond acceptors (Lipinski definition) is 2.